The molecule has 4 heteroatoms. The summed E-state index contributed by atoms with van der Waals surface area (Å²) >= 11 is 0. The smallest absolute Gasteiger partial charge is 0.122 e. The first-order chi connectivity index (χ1) is 8.88. The van der Waals surface area contributed by atoms with Crippen molar-refractivity contribution in [1.29, 1.82) is 0 Å². The Morgan fingerprint density at radius 3 is 3.06 bits per heavy atom. The van der Waals surface area contributed by atoms with Crippen molar-refractivity contribution in [2.75, 3.05) is 32.7 Å². The SMILES string of the molecule is NCC(c1ccco1)N1CCN2CCCCC2C1. The highest BCUT2D eigenvalue weighted by Crippen LogP contribution is 2.27. The Labute approximate surface area is 109 Å². The highest BCUT2D eigenvalue weighted by Gasteiger charge is 2.32. The molecule has 0 bridgehead atoms. The minimum Gasteiger partial charge on any atom is -0.468 e. The van der Waals surface area contributed by atoms with Crippen LogP contribution in [0.4, 0.5) is 0 Å². The van der Waals surface area contributed by atoms with E-state index < -0.39 is 0 Å². The van der Waals surface area contributed by atoms with E-state index in [2.05, 4.69) is 9.80 Å². The lowest BCUT2D eigenvalue weighted by molar-refractivity contribution is 0.0239. The maximum Gasteiger partial charge on any atom is 0.122 e. The number of hydrogen-bond acceptors (Lipinski definition) is 4. The van der Waals surface area contributed by atoms with Crippen molar-refractivity contribution in [2.45, 2.75) is 31.3 Å². The minimum absolute atomic E-state index is 0.254. The van der Waals surface area contributed by atoms with Crippen molar-refractivity contribution in [1.82, 2.24) is 9.80 Å². The van der Waals surface area contributed by atoms with Crippen molar-refractivity contribution in [3.63, 3.8) is 0 Å². The molecule has 0 aromatic carbocycles. The third-order valence-corrected chi connectivity index (χ3v) is 4.40. The van der Waals surface area contributed by atoms with Crippen LogP contribution >= 0.6 is 0 Å². The standard InChI is InChI=1S/C14H23N3O/c15-10-13(14-5-3-9-18-14)17-8-7-16-6-2-1-4-12(16)11-17/h3,5,9,12-13H,1-2,4,6-8,10-11,15H2. The van der Waals surface area contributed by atoms with E-state index in [1.165, 1.54) is 32.4 Å². The van der Waals surface area contributed by atoms with Gasteiger partial charge in [0.2, 0.25) is 0 Å². The van der Waals surface area contributed by atoms with Gasteiger partial charge in [-0.05, 0) is 31.5 Å². The summed E-state index contributed by atoms with van der Waals surface area (Å²) in [5.41, 5.74) is 5.95. The molecule has 4 nitrogen and oxygen atoms in total. The fourth-order valence-corrected chi connectivity index (χ4v) is 3.39. The maximum atomic E-state index is 5.95. The number of nitrogens with two attached hydrogens (primary N) is 1. The highest BCUT2D eigenvalue weighted by molar-refractivity contribution is 5.06. The van der Waals surface area contributed by atoms with Crippen LogP contribution in [0.2, 0.25) is 0 Å². The van der Waals surface area contributed by atoms with E-state index in [4.69, 9.17) is 10.2 Å². The molecule has 3 heterocycles. The van der Waals surface area contributed by atoms with E-state index in [-0.39, 0.29) is 6.04 Å². The number of furan rings is 1. The average Bonchev–Trinajstić information content (AvgIpc) is 2.93. The molecule has 2 atom stereocenters. The van der Waals surface area contributed by atoms with E-state index in [1.54, 1.807) is 6.26 Å². The van der Waals surface area contributed by atoms with Gasteiger partial charge in [-0.25, -0.2) is 0 Å². The molecule has 0 spiro atoms. The normalized spacial score (nSPS) is 27.9. The van der Waals surface area contributed by atoms with Crippen LogP contribution in [0.15, 0.2) is 22.8 Å². The quantitative estimate of drug-likeness (QED) is 0.880. The fraction of sp³-hybridized carbons (Fsp3) is 0.714. The van der Waals surface area contributed by atoms with Gasteiger partial charge in [-0.15, -0.1) is 0 Å². The lowest BCUT2D eigenvalue weighted by Crippen LogP contribution is -2.56. The number of piperazine rings is 1. The van der Waals surface area contributed by atoms with Crippen LogP contribution in [-0.4, -0.2) is 48.6 Å². The Hall–Kier alpha value is -0.840. The van der Waals surface area contributed by atoms with Crippen LogP contribution in [0.25, 0.3) is 0 Å². The van der Waals surface area contributed by atoms with Gasteiger partial charge in [0.05, 0.1) is 12.3 Å². The minimum atomic E-state index is 0.254. The topological polar surface area (TPSA) is 45.6 Å². The van der Waals surface area contributed by atoms with Crippen molar-refractivity contribution in [3.8, 4) is 0 Å². The van der Waals surface area contributed by atoms with Crippen LogP contribution in [0, 0.1) is 0 Å². The largest absolute Gasteiger partial charge is 0.468 e. The lowest BCUT2D eigenvalue weighted by atomic mass is 9.98. The summed E-state index contributed by atoms with van der Waals surface area (Å²) in [6.45, 7) is 5.36. The van der Waals surface area contributed by atoms with Gasteiger partial charge in [0.1, 0.15) is 5.76 Å². The molecular formula is C14H23N3O. The molecule has 3 rings (SSSR count). The van der Waals surface area contributed by atoms with Crippen molar-refractivity contribution in [2.24, 2.45) is 5.73 Å². The summed E-state index contributed by atoms with van der Waals surface area (Å²) in [5.74, 6) is 1.02. The van der Waals surface area contributed by atoms with Gasteiger partial charge in [0.15, 0.2) is 0 Å². The molecule has 0 radical (unpaired) electrons. The summed E-state index contributed by atoms with van der Waals surface area (Å²) in [4.78, 5) is 5.15. The molecule has 2 N–H and O–H groups in total. The first-order valence-electron chi connectivity index (χ1n) is 7.10. The molecule has 2 fully saturated rings. The molecule has 0 amide bonds. The van der Waals surface area contributed by atoms with Gasteiger partial charge in [-0.2, -0.15) is 0 Å². The van der Waals surface area contributed by atoms with Gasteiger partial charge in [-0.3, -0.25) is 9.80 Å². The highest BCUT2D eigenvalue weighted by atomic mass is 16.3. The Kier molecular flexibility index (Phi) is 3.68. The van der Waals surface area contributed by atoms with E-state index in [9.17, 15) is 0 Å². The van der Waals surface area contributed by atoms with Crippen LogP contribution in [0.3, 0.4) is 0 Å². The van der Waals surface area contributed by atoms with E-state index in [0.29, 0.717) is 6.54 Å². The van der Waals surface area contributed by atoms with Crippen LogP contribution in [-0.2, 0) is 0 Å². The zero-order valence-corrected chi connectivity index (χ0v) is 10.9. The molecule has 0 saturated carbocycles. The summed E-state index contributed by atoms with van der Waals surface area (Å²) in [7, 11) is 0. The van der Waals surface area contributed by atoms with E-state index in [1.807, 2.05) is 12.1 Å². The summed E-state index contributed by atoms with van der Waals surface area (Å²) in [5, 5.41) is 0. The van der Waals surface area contributed by atoms with Crippen LogP contribution in [0.1, 0.15) is 31.1 Å². The fourth-order valence-electron chi connectivity index (χ4n) is 3.39. The number of piperidine rings is 1. The number of fused-ring (bicyclic) bond motifs is 1. The predicted molar refractivity (Wildman–Crippen MR) is 71.3 cm³/mol. The Morgan fingerprint density at radius 1 is 1.33 bits per heavy atom. The van der Waals surface area contributed by atoms with Crippen molar-refractivity contribution < 1.29 is 4.42 Å². The van der Waals surface area contributed by atoms with Crippen molar-refractivity contribution >= 4 is 0 Å². The second-order valence-corrected chi connectivity index (χ2v) is 5.45. The van der Waals surface area contributed by atoms with Crippen LogP contribution in [0.5, 0.6) is 0 Å². The molecule has 100 valence electrons. The first kappa shape index (κ1) is 12.2. The molecule has 2 aliphatic heterocycles. The lowest BCUT2D eigenvalue weighted by Gasteiger charge is -2.46. The Morgan fingerprint density at radius 2 is 2.28 bits per heavy atom. The summed E-state index contributed by atoms with van der Waals surface area (Å²) in [6.07, 6.45) is 5.83. The Balaban J connectivity index is 1.69. The van der Waals surface area contributed by atoms with Gasteiger partial charge in [0.25, 0.3) is 0 Å². The summed E-state index contributed by atoms with van der Waals surface area (Å²) in [6, 6.07) is 4.99. The predicted octanol–water partition coefficient (Wildman–Crippen LogP) is 1.45. The molecule has 2 unspecified atom stereocenters. The second-order valence-electron chi connectivity index (χ2n) is 5.45. The first-order valence-corrected chi connectivity index (χ1v) is 7.10. The molecule has 1 aromatic rings. The van der Waals surface area contributed by atoms with Gasteiger partial charge >= 0.3 is 0 Å². The third-order valence-electron chi connectivity index (χ3n) is 4.40. The molecule has 1 aromatic heterocycles. The zero-order chi connectivity index (χ0) is 12.4. The molecular weight excluding hydrogens is 226 g/mol. The monoisotopic (exact) mass is 249 g/mol. The number of rotatable bonds is 3. The Bertz CT molecular complexity index is 365. The van der Waals surface area contributed by atoms with Gasteiger partial charge in [-0.1, -0.05) is 6.42 Å². The van der Waals surface area contributed by atoms with E-state index >= 15 is 0 Å². The zero-order valence-electron chi connectivity index (χ0n) is 10.9. The maximum absolute atomic E-state index is 5.95. The van der Waals surface area contributed by atoms with Crippen molar-refractivity contribution in [3.05, 3.63) is 24.2 Å². The molecule has 0 aliphatic carbocycles. The van der Waals surface area contributed by atoms with E-state index in [0.717, 1.165) is 24.9 Å². The molecule has 2 aliphatic rings. The second kappa shape index (κ2) is 5.43. The van der Waals surface area contributed by atoms with Gasteiger partial charge in [0, 0.05) is 32.2 Å². The number of hydrogen-bond donors (Lipinski definition) is 1. The third kappa shape index (κ3) is 2.32. The number of nitrogens with zero attached hydrogens (tertiary/aromatic N) is 2. The average molecular weight is 249 g/mol. The van der Waals surface area contributed by atoms with Gasteiger partial charge < -0.3 is 10.2 Å². The molecule has 18 heavy (non-hydrogen) atoms. The summed E-state index contributed by atoms with van der Waals surface area (Å²) < 4.78 is 5.54. The van der Waals surface area contributed by atoms with Crippen LogP contribution < -0.4 is 5.73 Å². The molecule has 2 saturated heterocycles.